The number of hydrogen-bond acceptors (Lipinski definition) is 3. The summed E-state index contributed by atoms with van der Waals surface area (Å²) in [5, 5.41) is 9.80. The van der Waals surface area contributed by atoms with Gasteiger partial charge in [-0.1, -0.05) is 20.8 Å². The van der Waals surface area contributed by atoms with Crippen molar-refractivity contribution in [3.8, 4) is 0 Å². The Kier molecular flexibility index (Phi) is 4.18. The molecule has 0 bridgehead atoms. The second-order valence-corrected chi connectivity index (χ2v) is 6.67. The van der Waals surface area contributed by atoms with Gasteiger partial charge in [0.2, 0.25) is 5.91 Å². The molecule has 1 aromatic heterocycles. The third-order valence-corrected chi connectivity index (χ3v) is 5.20. The van der Waals surface area contributed by atoms with E-state index in [1.165, 1.54) is 0 Å². The first kappa shape index (κ1) is 15.0. The zero-order valence-electron chi connectivity index (χ0n) is 12.8. The van der Waals surface area contributed by atoms with E-state index in [2.05, 4.69) is 36.3 Å². The standard InChI is InChI=1S/C15H26N4O/c1-9-13(16)6-5-12(15(9,3)4)14(20)19-10(2)11-7-17-18-8-11/h7-10,12-13H,5-6,16H2,1-4H3,(H,17,18)(H,19,20). The molecule has 1 amide bonds. The van der Waals surface area contributed by atoms with Crippen LogP contribution in [0.1, 0.15) is 52.1 Å². The molecule has 0 aliphatic heterocycles. The highest BCUT2D eigenvalue weighted by Gasteiger charge is 2.45. The van der Waals surface area contributed by atoms with Crippen molar-refractivity contribution in [3.05, 3.63) is 18.0 Å². The van der Waals surface area contributed by atoms with Gasteiger partial charge in [0.15, 0.2) is 0 Å². The van der Waals surface area contributed by atoms with E-state index < -0.39 is 0 Å². The summed E-state index contributed by atoms with van der Waals surface area (Å²) in [5.74, 6) is 0.491. The van der Waals surface area contributed by atoms with Crippen LogP contribution in [0, 0.1) is 17.3 Å². The van der Waals surface area contributed by atoms with E-state index in [0.29, 0.717) is 5.92 Å². The molecule has 112 valence electrons. The zero-order valence-corrected chi connectivity index (χ0v) is 12.8. The molecule has 0 radical (unpaired) electrons. The van der Waals surface area contributed by atoms with Crippen LogP contribution in [0.3, 0.4) is 0 Å². The fourth-order valence-electron chi connectivity index (χ4n) is 3.21. The smallest absolute Gasteiger partial charge is 0.224 e. The van der Waals surface area contributed by atoms with Gasteiger partial charge < -0.3 is 11.1 Å². The molecule has 20 heavy (non-hydrogen) atoms. The average Bonchev–Trinajstić information content (AvgIpc) is 2.89. The van der Waals surface area contributed by atoms with Crippen molar-refractivity contribution in [2.45, 2.75) is 52.6 Å². The first-order chi connectivity index (χ1) is 9.34. The van der Waals surface area contributed by atoms with Gasteiger partial charge in [-0.3, -0.25) is 9.89 Å². The van der Waals surface area contributed by atoms with Gasteiger partial charge in [-0.25, -0.2) is 0 Å². The summed E-state index contributed by atoms with van der Waals surface area (Å²) in [5.41, 5.74) is 7.08. The van der Waals surface area contributed by atoms with E-state index >= 15 is 0 Å². The topological polar surface area (TPSA) is 83.8 Å². The van der Waals surface area contributed by atoms with Crippen LogP contribution in [0.5, 0.6) is 0 Å². The Labute approximate surface area is 120 Å². The number of carbonyl (C=O) groups excluding carboxylic acids is 1. The molecule has 4 N–H and O–H groups in total. The van der Waals surface area contributed by atoms with Crippen LogP contribution < -0.4 is 11.1 Å². The number of aromatic amines is 1. The lowest BCUT2D eigenvalue weighted by Crippen LogP contribution is -2.51. The second kappa shape index (κ2) is 5.56. The molecule has 4 unspecified atom stereocenters. The summed E-state index contributed by atoms with van der Waals surface area (Å²) in [4.78, 5) is 12.6. The van der Waals surface area contributed by atoms with Gasteiger partial charge >= 0.3 is 0 Å². The molecule has 0 spiro atoms. The Morgan fingerprint density at radius 1 is 1.55 bits per heavy atom. The van der Waals surface area contributed by atoms with Crippen LogP contribution in [0.25, 0.3) is 0 Å². The molecule has 2 rings (SSSR count). The molecule has 5 nitrogen and oxygen atoms in total. The van der Waals surface area contributed by atoms with Crippen molar-refractivity contribution in [1.82, 2.24) is 15.5 Å². The summed E-state index contributed by atoms with van der Waals surface area (Å²) in [6.45, 7) is 8.45. The molecule has 1 aliphatic rings. The number of amides is 1. The Morgan fingerprint density at radius 3 is 2.85 bits per heavy atom. The van der Waals surface area contributed by atoms with Crippen LogP contribution in [0.15, 0.2) is 12.4 Å². The summed E-state index contributed by atoms with van der Waals surface area (Å²) in [7, 11) is 0. The molecule has 1 fully saturated rings. The highest BCUT2D eigenvalue weighted by molar-refractivity contribution is 5.80. The van der Waals surface area contributed by atoms with Gasteiger partial charge in [-0.05, 0) is 31.1 Å². The predicted octanol–water partition coefficient (Wildman–Crippen LogP) is 1.99. The summed E-state index contributed by atoms with van der Waals surface area (Å²) >= 11 is 0. The van der Waals surface area contributed by atoms with Crippen molar-refractivity contribution in [3.63, 3.8) is 0 Å². The number of carbonyl (C=O) groups is 1. The molecule has 0 aromatic carbocycles. The molecule has 1 aromatic rings. The zero-order chi connectivity index (χ0) is 14.9. The Hall–Kier alpha value is -1.36. The van der Waals surface area contributed by atoms with Crippen LogP contribution in [0.4, 0.5) is 0 Å². The fourth-order valence-corrected chi connectivity index (χ4v) is 3.21. The van der Waals surface area contributed by atoms with Gasteiger partial charge in [0.1, 0.15) is 0 Å². The first-order valence-corrected chi connectivity index (χ1v) is 7.38. The van der Waals surface area contributed by atoms with E-state index in [4.69, 9.17) is 5.73 Å². The normalized spacial score (nSPS) is 30.8. The third kappa shape index (κ3) is 2.73. The fraction of sp³-hybridized carbons (Fsp3) is 0.733. The Bertz CT molecular complexity index is 454. The first-order valence-electron chi connectivity index (χ1n) is 7.38. The van der Waals surface area contributed by atoms with Gasteiger partial charge in [0.25, 0.3) is 0 Å². The maximum atomic E-state index is 12.6. The van der Waals surface area contributed by atoms with E-state index in [-0.39, 0.29) is 29.3 Å². The summed E-state index contributed by atoms with van der Waals surface area (Å²) in [6, 6.07) is 0.170. The number of hydrogen-bond donors (Lipinski definition) is 3. The Balaban J connectivity index is 2.05. The van der Waals surface area contributed by atoms with E-state index in [1.54, 1.807) is 6.20 Å². The van der Waals surface area contributed by atoms with Crippen LogP contribution in [-0.2, 0) is 4.79 Å². The van der Waals surface area contributed by atoms with Crippen molar-refractivity contribution in [1.29, 1.82) is 0 Å². The van der Waals surface area contributed by atoms with Gasteiger partial charge in [-0.15, -0.1) is 0 Å². The lowest BCUT2D eigenvalue weighted by molar-refractivity contribution is -0.133. The molecule has 1 aliphatic carbocycles. The maximum absolute atomic E-state index is 12.6. The third-order valence-electron chi connectivity index (χ3n) is 5.20. The van der Waals surface area contributed by atoms with Gasteiger partial charge in [0.05, 0.1) is 12.2 Å². The van der Waals surface area contributed by atoms with E-state index in [1.807, 2.05) is 13.1 Å². The number of rotatable bonds is 3. The van der Waals surface area contributed by atoms with E-state index in [9.17, 15) is 4.79 Å². The van der Waals surface area contributed by atoms with Crippen molar-refractivity contribution >= 4 is 5.91 Å². The lowest BCUT2D eigenvalue weighted by atomic mass is 9.61. The minimum absolute atomic E-state index is 0.0200. The lowest BCUT2D eigenvalue weighted by Gasteiger charge is -2.46. The number of H-pyrrole nitrogens is 1. The number of nitrogens with two attached hydrogens (primary N) is 1. The van der Waals surface area contributed by atoms with Crippen LogP contribution in [0.2, 0.25) is 0 Å². The SMILES string of the molecule is CC(NC(=O)C1CCC(N)C(C)C1(C)C)c1cn[nH]c1. The highest BCUT2D eigenvalue weighted by atomic mass is 16.2. The minimum atomic E-state index is -0.0716. The number of nitrogens with zero attached hydrogens (tertiary/aromatic N) is 1. The monoisotopic (exact) mass is 278 g/mol. The molecular weight excluding hydrogens is 252 g/mol. The highest BCUT2D eigenvalue weighted by Crippen LogP contribution is 2.44. The molecule has 4 atom stereocenters. The average molecular weight is 278 g/mol. The molecule has 5 heteroatoms. The Morgan fingerprint density at radius 2 is 2.25 bits per heavy atom. The molecule has 1 saturated carbocycles. The maximum Gasteiger partial charge on any atom is 0.224 e. The number of aromatic nitrogens is 2. The summed E-state index contributed by atoms with van der Waals surface area (Å²) in [6.07, 6.45) is 5.34. The van der Waals surface area contributed by atoms with Crippen LogP contribution >= 0.6 is 0 Å². The second-order valence-electron chi connectivity index (χ2n) is 6.67. The van der Waals surface area contributed by atoms with Crippen molar-refractivity contribution < 1.29 is 4.79 Å². The largest absolute Gasteiger partial charge is 0.349 e. The molecule has 1 heterocycles. The van der Waals surface area contributed by atoms with Gasteiger partial charge in [-0.2, -0.15) is 5.10 Å². The minimum Gasteiger partial charge on any atom is -0.349 e. The number of nitrogens with one attached hydrogen (secondary N) is 2. The molecular formula is C15H26N4O. The van der Waals surface area contributed by atoms with E-state index in [0.717, 1.165) is 18.4 Å². The van der Waals surface area contributed by atoms with Gasteiger partial charge in [0, 0.05) is 23.7 Å². The summed E-state index contributed by atoms with van der Waals surface area (Å²) < 4.78 is 0. The quantitative estimate of drug-likeness (QED) is 0.790. The van der Waals surface area contributed by atoms with Crippen molar-refractivity contribution in [2.24, 2.45) is 23.0 Å². The predicted molar refractivity (Wildman–Crippen MR) is 78.8 cm³/mol. The van der Waals surface area contributed by atoms with Crippen molar-refractivity contribution in [2.75, 3.05) is 0 Å². The molecule has 0 saturated heterocycles. The van der Waals surface area contributed by atoms with Crippen LogP contribution in [-0.4, -0.2) is 22.1 Å².